The van der Waals surface area contributed by atoms with Gasteiger partial charge in [-0.1, -0.05) is 11.6 Å². The van der Waals surface area contributed by atoms with Gasteiger partial charge in [0.1, 0.15) is 28.9 Å². The molecule has 19 heteroatoms. The van der Waals surface area contributed by atoms with Gasteiger partial charge in [0.2, 0.25) is 0 Å². The minimum atomic E-state index is -5.76. The summed E-state index contributed by atoms with van der Waals surface area (Å²) in [6, 6.07) is 7.25. The summed E-state index contributed by atoms with van der Waals surface area (Å²) in [5.41, 5.74) is -6.06. The normalized spacial score (nSPS) is 12.9. The second kappa shape index (κ2) is 11.2. The van der Waals surface area contributed by atoms with Gasteiger partial charge in [0.25, 0.3) is 19.9 Å². The monoisotopic (exact) mass is 647 g/mol. The molecule has 4 N–H and O–H groups in total. The Morgan fingerprint density at radius 3 is 2.44 bits per heavy atom. The highest BCUT2D eigenvalue weighted by Crippen LogP contribution is 2.42. The van der Waals surface area contributed by atoms with E-state index in [4.69, 9.17) is 31.4 Å². The number of aryl methyl sites for hydroxylation is 1. The molecule has 0 aliphatic rings. The van der Waals surface area contributed by atoms with Gasteiger partial charge in [0, 0.05) is 22.3 Å². The maximum atomic E-state index is 13.0. The SMILES string of the molecule is Cc1c(S(=O)(=O)NCP(=O)(O)O)sc2ccc(OCCNc3ccc(C#N)c(S(=O)(=O)C(F)(F)F)c3)c(Cl)c12. The Kier molecular flexibility index (Phi) is 8.95. The maximum absolute atomic E-state index is 13.0. The summed E-state index contributed by atoms with van der Waals surface area (Å²) in [5, 5.41) is 12.1. The van der Waals surface area contributed by atoms with Gasteiger partial charge in [-0.05, 0) is 42.8 Å². The van der Waals surface area contributed by atoms with E-state index in [0.29, 0.717) is 16.2 Å². The molecule has 11 nitrogen and oxygen atoms in total. The molecule has 3 aromatic rings. The van der Waals surface area contributed by atoms with Crippen LogP contribution in [0.15, 0.2) is 39.4 Å². The van der Waals surface area contributed by atoms with Crippen molar-refractivity contribution < 1.29 is 49.1 Å². The molecule has 0 fully saturated rings. The van der Waals surface area contributed by atoms with Crippen LogP contribution >= 0.6 is 30.5 Å². The Hall–Kier alpha value is -2.42. The first kappa shape index (κ1) is 31.1. The molecule has 0 amide bonds. The van der Waals surface area contributed by atoms with E-state index in [1.54, 1.807) is 0 Å². The number of nitriles is 1. The van der Waals surface area contributed by atoms with Gasteiger partial charge in [-0.2, -0.15) is 23.2 Å². The van der Waals surface area contributed by atoms with Gasteiger partial charge in [-0.3, -0.25) is 4.57 Å². The predicted octanol–water partition coefficient (Wildman–Crippen LogP) is 3.93. The second-order valence-corrected chi connectivity index (χ2v) is 14.7. The molecule has 39 heavy (non-hydrogen) atoms. The number of nitrogens with one attached hydrogen (secondary N) is 2. The van der Waals surface area contributed by atoms with Gasteiger partial charge in [-0.25, -0.2) is 16.8 Å². The molecule has 0 unspecified atom stereocenters. The fraction of sp³-hybridized carbons (Fsp3) is 0.250. The molecule has 0 spiro atoms. The molecular formula is C20H18ClF3N3O8PS3. The molecule has 0 saturated carbocycles. The van der Waals surface area contributed by atoms with Crippen LogP contribution in [0.1, 0.15) is 11.1 Å². The smallest absolute Gasteiger partial charge is 0.490 e. The van der Waals surface area contributed by atoms with Crippen LogP contribution in [0, 0.1) is 18.3 Å². The second-order valence-electron chi connectivity index (χ2n) is 7.78. The van der Waals surface area contributed by atoms with Crippen LogP contribution in [-0.4, -0.2) is 51.6 Å². The number of nitrogens with zero attached hydrogens (tertiary/aromatic N) is 1. The lowest BCUT2D eigenvalue weighted by atomic mass is 10.2. The number of alkyl halides is 3. The first-order valence-corrected chi connectivity index (χ1v) is 16.3. The van der Waals surface area contributed by atoms with Gasteiger partial charge in [-0.15, -0.1) is 11.3 Å². The zero-order valence-electron chi connectivity index (χ0n) is 19.5. The van der Waals surface area contributed by atoms with Crippen molar-refractivity contribution in [2.45, 2.75) is 21.5 Å². The van der Waals surface area contributed by atoms with Crippen molar-refractivity contribution >= 4 is 66.2 Å². The zero-order chi connectivity index (χ0) is 29.4. The number of hydrogen-bond acceptors (Lipinski definition) is 9. The first-order chi connectivity index (χ1) is 17.9. The number of benzene rings is 2. The Labute approximate surface area is 229 Å². The van der Waals surface area contributed by atoms with Crippen LogP contribution in [0.4, 0.5) is 18.9 Å². The molecule has 3 rings (SSSR count). The molecular weight excluding hydrogens is 630 g/mol. The molecule has 2 aromatic carbocycles. The van der Waals surface area contributed by atoms with Gasteiger partial charge < -0.3 is 19.8 Å². The Balaban J connectivity index is 1.76. The van der Waals surface area contributed by atoms with Crippen molar-refractivity contribution in [3.63, 3.8) is 0 Å². The quantitative estimate of drug-likeness (QED) is 0.186. The van der Waals surface area contributed by atoms with Gasteiger partial charge in [0.05, 0.1) is 15.5 Å². The Morgan fingerprint density at radius 2 is 1.85 bits per heavy atom. The molecule has 0 atom stereocenters. The number of rotatable bonds is 10. The zero-order valence-corrected chi connectivity index (χ0v) is 23.6. The highest BCUT2D eigenvalue weighted by atomic mass is 35.5. The third-order valence-electron chi connectivity index (χ3n) is 5.04. The highest BCUT2D eigenvalue weighted by Gasteiger charge is 2.48. The molecule has 212 valence electrons. The van der Waals surface area contributed by atoms with Crippen LogP contribution < -0.4 is 14.8 Å². The molecule has 1 aromatic heterocycles. The van der Waals surface area contributed by atoms with Crippen LogP contribution in [0.3, 0.4) is 0 Å². The van der Waals surface area contributed by atoms with Crippen molar-refractivity contribution in [3.8, 4) is 11.8 Å². The third-order valence-corrected chi connectivity index (χ3v) is 11.0. The van der Waals surface area contributed by atoms with E-state index in [1.807, 2.05) is 4.72 Å². The van der Waals surface area contributed by atoms with Crippen LogP contribution in [0.25, 0.3) is 10.1 Å². The molecule has 0 aliphatic heterocycles. The summed E-state index contributed by atoms with van der Waals surface area (Å²) in [6.07, 6.45) is -1.08. The Bertz CT molecular complexity index is 1730. The minimum Gasteiger partial charge on any atom is -0.490 e. The lowest BCUT2D eigenvalue weighted by molar-refractivity contribution is -0.0436. The van der Waals surface area contributed by atoms with Crippen molar-refractivity contribution in [2.75, 3.05) is 24.8 Å². The summed E-state index contributed by atoms with van der Waals surface area (Å²) in [7, 11) is -14.7. The van der Waals surface area contributed by atoms with E-state index in [1.165, 1.54) is 31.2 Å². The number of thiophene rings is 1. The molecule has 0 saturated heterocycles. The van der Waals surface area contributed by atoms with E-state index in [9.17, 15) is 34.6 Å². The fourth-order valence-corrected chi connectivity index (χ4v) is 8.46. The number of sulfone groups is 1. The van der Waals surface area contributed by atoms with Crippen molar-refractivity contribution in [1.82, 2.24) is 4.72 Å². The van der Waals surface area contributed by atoms with E-state index in [0.717, 1.165) is 17.4 Å². The maximum Gasteiger partial charge on any atom is 0.501 e. The third kappa shape index (κ3) is 6.84. The van der Waals surface area contributed by atoms with Gasteiger partial charge >= 0.3 is 13.1 Å². The standard InChI is InChI=1S/C20H18ClF3N3O8PS3/c1-11-17-15(37-19(11)39(33,34)27-10-36(28,29)30)5-4-14(18(17)21)35-7-6-26-13-3-2-12(9-25)16(8-13)38(31,32)20(22,23)24/h2-5,8,26-27H,6-7,10H2,1H3,(H2,28,29,30). The van der Waals surface area contributed by atoms with Crippen LogP contribution in [0.5, 0.6) is 5.75 Å². The number of hydrogen-bond donors (Lipinski definition) is 4. The average Bonchev–Trinajstić information content (AvgIpc) is 3.18. The fourth-order valence-electron chi connectivity index (χ4n) is 3.28. The number of sulfonamides is 1. The predicted molar refractivity (Wildman–Crippen MR) is 137 cm³/mol. The van der Waals surface area contributed by atoms with Gasteiger partial charge in [0.15, 0.2) is 0 Å². The summed E-state index contributed by atoms with van der Waals surface area (Å²) >= 11 is 7.25. The number of fused-ring (bicyclic) bond motifs is 1. The number of anilines is 1. The largest absolute Gasteiger partial charge is 0.501 e. The average molecular weight is 648 g/mol. The lowest BCUT2D eigenvalue weighted by Crippen LogP contribution is -2.24. The topological polar surface area (TPSA) is 183 Å². The Morgan fingerprint density at radius 1 is 1.18 bits per heavy atom. The van der Waals surface area contributed by atoms with E-state index >= 15 is 0 Å². The van der Waals surface area contributed by atoms with E-state index in [-0.39, 0.29) is 39.4 Å². The molecule has 0 bridgehead atoms. The summed E-state index contributed by atoms with van der Waals surface area (Å²) in [4.78, 5) is 16.7. The first-order valence-electron chi connectivity index (χ1n) is 10.4. The van der Waals surface area contributed by atoms with Crippen LogP contribution in [0.2, 0.25) is 5.02 Å². The lowest BCUT2D eigenvalue weighted by Gasteiger charge is -2.13. The van der Waals surface area contributed by atoms with Crippen molar-refractivity contribution in [2.24, 2.45) is 0 Å². The van der Waals surface area contributed by atoms with E-state index < -0.39 is 49.7 Å². The molecule has 1 heterocycles. The highest BCUT2D eigenvalue weighted by molar-refractivity contribution is 7.92. The minimum absolute atomic E-state index is 0.0201. The van der Waals surface area contributed by atoms with Crippen molar-refractivity contribution in [3.05, 3.63) is 46.5 Å². The number of halogens is 4. The summed E-state index contributed by atoms with van der Waals surface area (Å²) < 4.78 is 106. The van der Waals surface area contributed by atoms with Crippen molar-refractivity contribution in [1.29, 1.82) is 5.26 Å². The number of ether oxygens (including phenoxy) is 1. The van der Waals surface area contributed by atoms with E-state index in [2.05, 4.69) is 5.32 Å². The van der Waals surface area contributed by atoms with Crippen LogP contribution in [-0.2, 0) is 24.4 Å². The summed E-state index contributed by atoms with van der Waals surface area (Å²) in [6.45, 7) is 1.32. The molecule has 0 radical (unpaired) electrons. The molecule has 0 aliphatic carbocycles. The summed E-state index contributed by atoms with van der Waals surface area (Å²) in [5.74, 6) is 0.138.